The van der Waals surface area contributed by atoms with Gasteiger partial charge in [0.2, 0.25) is 0 Å². The lowest BCUT2D eigenvalue weighted by Gasteiger charge is -2.61. The number of ether oxygens (including phenoxy) is 1. The molecule has 0 aliphatic heterocycles. The van der Waals surface area contributed by atoms with E-state index in [0.29, 0.717) is 24.1 Å². The summed E-state index contributed by atoms with van der Waals surface area (Å²) >= 11 is 1.72. The Balaban J connectivity index is 1.60. The number of nitrogens with zero attached hydrogens (tertiary/aromatic N) is 2. The van der Waals surface area contributed by atoms with E-state index in [9.17, 15) is 0 Å². The summed E-state index contributed by atoms with van der Waals surface area (Å²) in [6.45, 7) is 8.67. The third-order valence-electron chi connectivity index (χ3n) is 5.39. The van der Waals surface area contributed by atoms with Crippen LogP contribution >= 0.6 is 11.3 Å². The van der Waals surface area contributed by atoms with Gasteiger partial charge in [-0.1, -0.05) is 13.3 Å². The molecule has 24 heavy (non-hydrogen) atoms. The van der Waals surface area contributed by atoms with Crippen molar-refractivity contribution >= 4 is 17.3 Å². The van der Waals surface area contributed by atoms with Crippen LogP contribution in [0, 0.1) is 5.41 Å². The highest BCUT2D eigenvalue weighted by atomic mass is 32.1. The number of nitrogens with one attached hydrogen (secondary N) is 2. The Bertz CT molecular complexity index is 567. The third kappa shape index (κ3) is 3.45. The molecule has 0 radical (unpaired) electrons. The van der Waals surface area contributed by atoms with Crippen molar-refractivity contribution in [1.29, 1.82) is 0 Å². The maximum absolute atomic E-state index is 5.94. The Hall–Kier alpha value is -1.14. The molecule has 1 aromatic heterocycles. The largest absolute Gasteiger partial charge is 0.378 e. The van der Waals surface area contributed by atoms with Gasteiger partial charge in [-0.2, -0.15) is 0 Å². The van der Waals surface area contributed by atoms with E-state index in [2.05, 4.69) is 41.8 Å². The molecule has 0 aromatic carbocycles. The first-order valence-corrected chi connectivity index (χ1v) is 10.2. The highest BCUT2D eigenvalue weighted by molar-refractivity contribution is 7.09. The first kappa shape index (κ1) is 17.7. The molecule has 2 atom stereocenters. The Labute approximate surface area is 149 Å². The van der Waals surface area contributed by atoms with E-state index in [0.717, 1.165) is 37.6 Å². The number of hydrogen-bond acceptors (Lipinski definition) is 4. The second kappa shape index (κ2) is 7.83. The Morgan fingerprint density at radius 1 is 1.42 bits per heavy atom. The number of hydrogen-bond donors (Lipinski definition) is 2. The van der Waals surface area contributed by atoms with Gasteiger partial charge >= 0.3 is 0 Å². The van der Waals surface area contributed by atoms with Gasteiger partial charge < -0.3 is 15.4 Å². The number of guanidine groups is 1. The Kier molecular flexibility index (Phi) is 5.76. The van der Waals surface area contributed by atoms with Gasteiger partial charge in [0, 0.05) is 30.0 Å². The summed E-state index contributed by atoms with van der Waals surface area (Å²) in [6, 6.07) is 0.488. The summed E-state index contributed by atoms with van der Waals surface area (Å²) in [5.74, 6) is 0.912. The maximum Gasteiger partial charge on any atom is 0.191 e. The topological polar surface area (TPSA) is 58.5 Å². The van der Waals surface area contributed by atoms with Crippen molar-refractivity contribution in [3.63, 3.8) is 0 Å². The van der Waals surface area contributed by atoms with Gasteiger partial charge in [0.1, 0.15) is 0 Å². The summed E-state index contributed by atoms with van der Waals surface area (Å²) in [4.78, 5) is 9.35. The maximum atomic E-state index is 5.94. The lowest BCUT2D eigenvalue weighted by Crippen LogP contribution is -2.68. The number of thiazole rings is 1. The number of aryl methyl sites for hydroxylation is 1. The van der Waals surface area contributed by atoms with Gasteiger partial charge in [-0.15, -0.1) is 11.3 Å². The number of aliphatic imine (C=N–C) groups is 1. The Morgan fingerprint density at radius 3 is 2.83 bits per heavy atom. The second-order valence-corrected chi connectivity index (χ2v) is 7.69. The van der Waals surface area contributed by atoms with Gasteiger partial charge in [-0.25, -0.2) is 9.98 Å². The zero-order chi connectivity index (χ0) is 17.0. The average Bonchev–Trinajstić information content (AvgIpc) is 2.98. The number of rotatable bonds is 7. The molecule has 0 bridgehead atoms. The van der Waals surface area contributed by atoms with Crippen LogP contribution in [0.15, 0.2) is 10.4 Å². The predicted octanol–water partition coefficient (Wildman–Crippen LogP) is 3.11. The summed E-state index contributed by atoms with van der Waals surface area (Å²) in [5.41, 5.74) is 1.41. The molecule has 0 amide bonds. The molecule has 2 unspecified atom stereocenters. The summed E-state index contributed by atoms with van der Waals surface area (Å²) < 4.78 is 5.94. The molecule has 3 rings (SSSR count). The van der Waals surface area contributed by atoms with Crippen LogP contribution < -0.4 is 10.6 Å². The van der Waals surface area contributed by atoms with Crippen LogP contribution in [0.1, 0.15) is 57.2 Å². The minimum absolute atomic E-state index is 0.349. The molecule has 2 fully saturated rings. The quantitative estimate of drug-likeness (QED) is 0.586. The minimum Gasteiger partial charge on any atom is -0.378 e. The van der Waals surface area contributed by atoms with E-state index >= 15 is 0 Å². The number of aromatic nitrogens is 1. The van der Waals surface area contributed by atoms with E-state index < -0.39 is 0 Å². The fraction of sp³-hybridized carbons (Fsp3) is 0.778. The monoisotopic (exact) mass is 350 g/mol. The van der Waals surface area contributed by atoms with E-state index in [-0.39, 0.29) is 0 Å². The zero-order valence-corrected chi connectivity index (χ0v) is 15.9. The van der Waals surface area contributed by atoms with Gasteiger partial charge in [-0.05, 0) is 39.5 Å². The van der Waals surface area contributed by atoms with Gasteiger partial charge in [0.25, 0.3) is 0 Å². The molecular weight excluding hydrogens is 320 g/mol. The van der Waals surface area contributed by atoms with Crippen LogP contribution in [-0.4, -0.2) is 36.2 Å². The van der Waals surface area contributed by atoms with Gasteiger partial charge in [-0.3, -0.25) is 0 Å². The standard InChI is InChI=1S/C18H30N4OS/c1-4-16-21-13(12-24-16)11-20-17(19-5-2)22-14-10-15(23-6-3)18(14)8-7-9-18/h12,14-15H,4-11H2,1-3H3,(H2,19,20,22). The van der Waals surface area contributed by atoms with Crippen molar-refractivity contribution in [2.24, 2.45) is 10.4 Å². The van der Waals surface area contributed by atoms with Crippen LogP contribution in [-0.2, 0) is 17.7 Å². The average molecular weight is 351 g/mol. The van der Waals surface area contributed by atoms with Crippen molar-refractivity contribution in [2.45, 2.75) is 71.6 Å². The van der Waals surface area contributed by atoms with Crippen molar-refractivity contribution in [2.75, 3.05) is 13.2 Å². The molecule has 6 heteroatoms. The van der Waals surface area contributed by atoms with Crippen LogP contribution in [0.2, 0.25) is 0 Å². The van der Waals surface area contributed by atoms with Crippen LogP contribution in [0.25, 0.3) is 0 Å². The fourth-order valence-electron chi connectivity index (χ4n) is 3.87. The first-order chi connectivity index (χ1) is 11.7. The zero-order valence-electron chi connectivity index (χ0n) is 15.1. The van der Waals surface area contributed by atoms with Crippen molar-refractivity contribution in [1.82, 2.24) is 15.6 Å². The minimum atomic E-state index is 0.349. The fourth-order valence-corrected chi connectivity index (χ4v) is 4.61. The normalized spacial score (nSPS) is 25.2. The Morgan fingerprint density at radius 2 is 2.25 bits per heavy atom. The highest BCUT2D eigenvalue weighted by Gasteiger charge is 2.59. The van der Waals surface area contributed by atoms with Crippen LogP contribution in [0.3, 0.4) is 0 Å². The summed E-state index contributed by atoms with van der Waals surface area (Å²) in [6.07, 6.45) is 6.41. The van der Waals surface area contributed by atoms with Gasteiger partial charge in [0.15, 0.2) is 5.96 Å². The highest BCUT2D eigenvalue weighted by Crippen LogP contribution is 2.57. The molecule has 2 saturated carbocycles. The van der Waals surface area contributed by atoms with E-state index in [4.69, 9.17) is 9.73 Å². The molecule has 2 aliphatic carbocycles. The smallest absolute Gasteiger partial charge is 0.191 e. The molecule has 1 aromatic rings. The third-order valence-corrected chi connectivity index (χ3v) is 6.44. The lowest BCUT2D eigenvalue weighted by molar-refractivity contribution is -0.168. The SMILES string of the molecule is CCNC(=NCc1csc(CC)n1)NC1CC(OCC)C12CCC2. The molecule has 5 nitrogen and oxygen atoms in total. The van der Waals surface area contributed by atoms with E-state index in [1.165, 1.54) is 24.3 Å². The van der Waals surface area contributed by atoms with Crippen molar-refractivity contribution in [3.8, 4) is 0 Å². The van der Waals surface area contributed by atoms with Crippen molar-refractivity contribution < 1.29 is 4.74 Å². The molecule has 1 spiro atoms. The first-order valence-electron chi connectivity index (χ1n) is 9.31. The molecule has 0 saturated heterocycles. The van der Waals surface area contributed by atoms with Crippen molar-refractivity contribution in [3.05, 3.63) is 16.1 Å². The van der Waals surface area contributed by atoms with E-state index in [1.807, 2.05) is 0 Å². The second-order valence-electron chi connectivity index (χ2n) is 6.74. The molecule has 2 aliphatic rings. The van der Waals surface area contributed by atoms with Crippen LogP contribution in [0.4, 0.5) is 0 Å². The summed E-state index contributed by atoms with van der Waals surface area (Å²) in [7, 11) is 0. The van der Waals surface area contributed by atoms with Crippen LogP contribution in [0.5, 0.6) is 0 Å². The molecule has 1 heterocycles. The molecular formula is C18H30N4OS. The predicted molar refractivity (Wildman–Crippen MR) is 99.5 cm³/mol. The molecule has 2 N–H and O–H groups in total. The van der Waals surface area contributed by atoms with E-state index in [1.54, 1.807) is 11.3 Å². The van der Waals surface area contributed by atoms with Gasteiger partial charge in [0.05, 0.1) is 23.4 Å². The molecule has 134 valence electrons. The summed E-state index contributed by atoms with van der Waals surface area (Å²) in [5, 5.41) is 10.3. The lowest BCUT2D eigenvalue weighted by atomic mass is 9.51.